The number of ether oxygens (including phenoxy) is 1. The summed E-state index contributed by atoms with van der Waals surface area (Å²) in [5.74, 6) is 2.08. The second-order valence-electron chi connectivity index (χ2n) is 6.83. The molecule has 0 aliphatic carbocycles. The first-order chi connectivity index (χ1) is 13.7. The Morgan fingerprint density at radius 3 is 2.93 bits per heavy atom. The van der Waals surface area contributed by atoms with E-state index in [0.717, 1.165) is 36.3 Å². The predicted molar refractivity (Wildman–Crippen MR) is 102 cm³/mol. The summed E-state index contributed by atoms with van der Waals surface area (Å²) in [6.45, 7) is 0.673. The van der Waals surface area contributed by atoms with Crippen molar-refractivity contribution in [3.05, 3.63) is 72.0 Å². The molecular weight excluding hydrogens is 356 g/mol. The van der Waals surface area contributed by atoms with Crippen molar-refractivity contribution in [1.82, 2.24) is 19.9 Å². The Bertz CT molecular complexity index is 942. The van der Waals surface area contributed by atoms with Crippen LogP contribution < -0.4 is 4.74 Å². The summed E-state index contributed by atoms with van der Waals surface area (Å²) in [4.78, 5) is 27.1. The van der Waals surface area contributed by atoms with Crippen LogP contribution in [0.15, 0.2) is 53.6 Å². The van der Waals surface area contributed by atoms with Gasteiger partial charge in [-0.3, -0.25) is 4.79 Å². The number of oxazole rings is 1. The van der Waals surface area contributed by atoms with Crippen molar-refractivity contribution in [1.29, 1.82) is 0 Å². The fraction of sp³-hybridized carbons (Fsp3) is 0.333. The minimum atomic E-state index is -0.166. The predicted octanol–water partition coefficient (Wildman–Crippen LogP) is 3.43. The van der Waals surface area contributed by atoms with E-state index in [2.05, 4.69) is 15.0 Å². The molecule has 3 aromatic rings. The van der Waals surface area contributed by atoms with Gasteiger partial charge in [0.1, 0.15) is 23.9 Å². The molecule has 1 aliphatic rings. The number of amides is 1. The summed E-state index contributed by atoms with van der Waals surface area (Å²) < 4.78 is 11.3. The van der Waals surface area contributed by atoms with Crippen molar-refractivity contribution in [3.63, 3.8) is 0 Å². The van der Waals surface area contributed by atoms with Gasteiger partial charge in [-0.25, -0.2) is 15.0 Å². The number of hydrogen-bond donors (Lipinski definition) is 0. The van der Waals surface area contributed by atoms with Gasteiger partial charge in [0, 0.05) is 25.4 Å². The quantitative estimate of drug-likeness (QED) is 0.677. The average Bonchev–Trinajstić information content (AvgIpc) is 3.22. The second kappa shape index (κ2) is 8.21. The van der Waals surface area contributed by atoms with E-state index in [1.54, 1.807) is 25.7 Å². The number of hydrogen-bond acceptors (Lipinski definition) is 6. The van der Waals surface area contributed by atoms with E-state index in [1.807, 2.05) is 29.2 Å². The molecule has 0 N–H and O–H groups in total. The van der Waals surface area contributed by atoms with Gasteiger partial charge < -0.3 is 14.1 Å². The summed E-state index contributed by atoms with van der Waals surface area (Å²) in [7, 11) is 1.65. The van der Waals surface area contributed by atoms with E-state index in [-0.39, 0.29) is 11.9 Å². The molecular formula is C21H22N4O3. The van der Waals surface area contributed by atoms with Crippen LogP contribution in [0.1, 0.15) is 52.9 Å². The third-order valence-corrected chi connectivity index (χ3v) is 4.94. The van der Waals surface area contributed by atoms with Gasteiger partial charge in [-0.1, -0.05) is 12.1 Å². The molecule has 28 heavy (non-hydrogen) atoms. The largest absolute Gasteiger partial charge is 0.497 e. The topological polar surface area (TPSA) is 81.4 Å². The first-order valence-electron chi connectivity index (χ1n) is 9.38. The van der Waals surface area contributed by atoms with Crippen LogP contribution in [0.5, 0.6) is 5.75 Å². The van der Waals surface area contributed by atoms with Crippen LogP contribution in [0.2, 0.25) is 0 Å². The molecule has 0 spiro atoms. The lowest BCUT2D eigenvalue weighted by Gasteiger charge is -2.33. The molecule has 1 atom stereocenters. The Morgan fingerprint density at radius 1 is 1.25 bits per heavy atom. The summed E-state index contributed by atoms with van der Waals surface area (Å²) in [6, 6.07) is 7.70. The van der Waals surface area contributed by atoms with Crippen molar-refractivity contribution in [2.75, 3.05) is 13.7 Å². The Labute approximate surface area is 163 Å². The van der Waals surface area contributed by atoms with Crippen molar-refractivity contribution >= 4 is 5.91 Å². The van der Waals surface area contributed by atoms with Crippen molar-refractivity contribution in [2.24, 2.45) is 0 Å². The number of nitrogens with zero attached hydrogens (tertiary/aromatic N) is 4. The van der Waals surface area contributed by atoms with Gasteiger partial charge in [-0.15, -0.1) is 0 Å². The standard InChI is InChI=1S/C21H22N4O3/c1-27-17-6-4-5-15(9-17)10-18-13-24-20(28-18)19-7-2-3-8-25(19)21(26)16-11-22-14-23-12-16/h4-6,9,11-14,19H,2-3,7-8,10H2,1H3/t19-/m1/s1. The van der Waals surface area contributed by atoms with E-state index < -0.39 is 0 Å². The van der Waals surface area contributed by atoms with Crippen LogP contribution in [0.3, 0.4) is 0 Å². The number of carbonyl (C=O) groups is 1. The molecule has 1 aromatic carbocycles. The number of aromatic nitrogens is 3. The van der Waals surface area contributed by atoms with Crippen LogP contribution >= 0.6 is 0 Å². The zero-order chi connectivity index (χ0) is 19.3. The van der Waals surface area contributed by atoms with Crippen LogP contribution in [-0.4, -0.2) is 39.4 Å². The summed E-state index contributed by atoms with van der Waals surface area (Å²) in [5.41, 5.74) is 1.57. The van der Waals surface area contributed by atoms with E-state index in [1.165, 1.54) is 6.33 Å². The van der Waals surface area contributed by atoms with Gasteiger partial charge >= 0.3 is 0 Å². The van der Waals surface area contributed by atoms with E-state index >= 15 is 0 Å². The van der Waals surface area contributed by atoms with Gasteiger partial charge in [0.2, 0.25) is 5.89 Å². The molecule has 0 unspecified atom stereocenters. The number of carbonyl (C=O) groups excluding carboxylic acids is 1. The van der Waals surface area contributed by atoms with E-state index in [4.69, 9.17) is 9.15 Å². The maximum atomic E-state index is 12.9. The van der Waals surface area contributed by atoms with Gasteiger partial charge in [0.15, 0.2) is 0 Å². The molecule has 2 aromatic heterocycles. The number of methoxy groups -OCH3 is 1. The third-order valence-electron chi connectivity index (χ3n) is 4.94. The molecule has 7 nitrogen and oxygen atoms in total. The average molecular weight is 378 g/mol. The maximum absolute atomic E-state index is 12.9. The van der Waals surface area contributed by atoms with Crippen LogP contribution in [0.25, 0.3) is 0 Å². The molecule has 7 heteroatoms. The minimum Gasteiger partial charge on any atom is -0.497 e. The minimum absolute atomic E-state index is 0.0853. The van der Waals surface area contributed by atoms with Crippen molar-refractivity contribution < 1.29 is 13.9 Å². The first-order valence-corrected chi connectivity index (χ1v) is 9.38. The monoisotopic (exact) mass is 378 g/mol. The van der Waals surface area contributed by atoms with E-state index in [9.17, 15) is 4.79 Å². The zero-order valence-electron chi connectivity index (χ0n) is 15.7. The van der Waals surface area contributed by atoms with Gasteiger partial charge in [-0.2, -0.15) is 0 Å². The third kappa shape index (κ3) is 3.88. The van der Waals surface area contributed by atoms with Crippen molar-refractivity contribution in [2.45, 2.75) is 31.7 Å². The van der Waals surface area contributed by atoms with Crippen molar-refractivity contribution in [3.8, 4) is 5.75 Å². The lowest BCUT2D eigenvalue weighted by Crippen LogP contribution is -2.38. The van der Waals surface area contributed by atoms with Gasteiger partial charge in [-0.05, 0) is 37.0 Å². The Kier molecular flexibility index (Phi) is 5.32. The molecule has 0 radical (unpaired) electrons. The fourth-order valence-electron chi connectivity index (χ4n) is 3.55. The molecule has 144 valence electrons. The number of piperidine rings is 1. The highest BCUT2D eigenvalue weighted by molar-refractivity contribution is 5.93. The Morgan fingerprint density at radius 2 is 2.11 bits per heavy atom. The Hall–Kier alpha value is -3.22. The molecule has 0 saturated carbocycles. The lowest BCUT2D eigenvalue weighted by molar-refractivity contribution is 0.0569. The summed E-state index contributed by atoms with van der Waals surface area (Å²) >= 11 is 0. The zero-order valence-corrected chi connectivity index (χ0v) is 15.7. The molecule has 1 amide bonds. The molecule has 1 saturated heterocycles. The summed E-state index contributed by atoms with van der Waals surface area (Å²) in [5, 5.41) is 0. The van der Waals surface area contributed by atoms with Gasteiger partial charge in [0.05, 0.1) is 18.9 Å². The number of likely N-dealkylation sites (tertiary alicyclic amines) is 1. The molecule has 0 bridgehead atoms. The SMILES string of the molecule is COc1cccc(Cc2cnc([C@H]3CCCCN3C(=O)c3cncnc3)o2)c1. The molecule has 1 aliphatic heterocycles. The highest BCUT2D eigenvalue weighted by atomic mass is 16.5. The maximum Gasteiger partial charge on any atom is 0.257 e. The lowest BCUT2D eigenvalue weighted by atomic mass is 10.0. The molecule has 4 rings (SSSR count). The first kappa shape index (κ1) is 18.2. The highest BCUT2D eigenvalue weighted by Gasteiger charge is 2.32. The number of rotatable bonds is 5. The van der Waals surface area contributed by atoms with Gasteiger partial charge in [0.25, 0.3) is 5.91 Å². The molecule has 1 fully saturated rings. The highest BCUT2D eigenvalue weighted by Crippen LogP contribution is 2.32. The fourth-order valence-corrected chi connectivity index (χ4v) is 3.55. The molecule has 3 heterocycles. The van der Waals surface area contributed by atoms with Crippen LogP contribution in [-0.2, 0) is 6.42 Å². The summed E-state index contributed by atoms with van der Waals surface area (Å²) in [6.07, 6.45) is 9.72. The van der Waals surface area contributed by atoms with E-state index in [0.29, 0.717) is 24.4 Å². The van der Waals surface area contributed by atoms with Crippen LogP contribution in [0, 0.1) is 0 Å². The second-order valence-corrected chi connectivity index (χ2v) is 6.83. The normalized spacial score (nSPS) is 16.8. The van der Waals surface area contributed by atoms with Crippen LogP contribution in [0.4, 0.5) is 0 Å². The smallest absolute Gasteiger partial charge is 0.257 e. The number of benzene rings is 1. The Balaban J connectivity index is 1.53.